The number of nitrogens with zero attached hydrogens (tertiary/aromatic N) is 2. The van der Waals surface area contributed by atoms with E-state index in [2.05, 4.69) is 15.5 Å². The molecule has 1 N–H and O–H groups in total. The minimum atomic E-state index is -0.561. The number of thioether (sulfide) groups is 1. The molecule has 0 fully saturated rings. The molecule has 2 heterocycles. The third kappa shape index (κ3) is 5.27. The molecule has 0 aliphatic heterocycles. The maximum atomic E-state index is 12.6. The van der Waals surface area contributed by atoms with Crippen LogP contribution in [-0.2, 0) is 9.53 Å². The lowest BCUT2D eigenvalue weighted by Crippen LogP contribution is -2.16. The summed E-state index contributed by atoms with van der Waals surface area (Å²) in [5.74, 6) is -0.478. The van der Waals surface area contributed by atoms with Gasteiger partial charge in [-0.3, -0.25) is 4.79 Å². The van der Waals surface area contributed by atoms with E-state index < -0.39 is 5.97 Å². The number of nitrogens with one attached hydrogen (secondary N) is 1. The van der Waals surface area contributed by atoms with Crippen molar-refractivity contribution in [2.45, 2.75) is 12.1 Å². The Hall–Kier alpha value is -3.14. The van der Waals surface area contributed by atoms with Gasteiger partial charge in [0.1, 0.15) is 10.6 Å². The van der Waals surface area contributed by atoms with Gasteiger partial charge in [0.15, 0.2) is 0 Å². The van der Waals surface area contributed by atoms with Gasteiger partial charge in [-0.15, -0.1) is 21.5 Å². The van der Waals surface area contributed by atoms with Crippen molar-refractivity contribution in [1.82, 2.24) is 10.2 Å². The summed E-state index contributed by atoms with van der Waals surface area (Å²) in [5.41, 5.74) is 3.42. The largest absolute Gasteiger partial charge is 0.465 e. The summed E-state index contributed by atoms with van der Waals surface area (Å²) in [6, 6.07) is 14.9. The maximum absolute atomic E-state index is 12.6. The molecule has 0 saturated carbocycles. The summed E-state index contributed by atoms with van der Waals surface area (Å²) in [4.78, 5) is 25.1. The van der Waals surface area contributed by atoms with Gasteiger partial charge in [0, 0.05) is 27.1 Å². The SMILES string of the molecule is COC(=O)c1c(-c2ccccc2Cl)csc1NC(=O)CSc1nnc(-c2cccc(C)c2)o1. The van der Waals surface area contributed by atoms with Crippen LogP contribution in [0.3, 0.4) is 0 Å². The second-order valence-corrected chi connectivity index (χ2v) is 9.12. The lowest BCUT2D eigenvalue weighted by atomic mass is 10.0. The molecule has 0 radical (unpaired) electrons. The Bertz CT molecular complexity index is 1320. The number of amides is 1. The van der Waals surface area contributed by atoms with Crippen LogP contribution in [0.1, 0.15) is 15.9 Å². The molecule has 1 amide bonds. The van der Waals surface area contributed by atoms with Crippen molar-refractivity contribution < 1.29 is 18.7 Å². The third-order valence-electron chi connectivity index (χ3n) is 4.60. The van der Waals surface area contributed by atoms with Gasteiger partial charge in [-0.2, -0.15) is 0 Å². The summed E-state index contributed by atoms with van der Waals surface area (Å²) in [6.07, 6.45) is 0. The molecule has 33 heavy (non-hydrogen) atoms. The standard InChI is InChI=1S/C23H18ClN3O4S2/c1-13-6-5-7-14(10-13)20-26-27-23(31-20)33-12-18(28)25-21-19(22(29)30-2)16(11-32-21)15-8-3-4-9-17(15)24/h3-11H,12H2,1-2H3,(H,25,28). The number of rotatable bonds is 7. The number of anilines is 1. The lowest BCUT2D eigenvalue weighted by Gasteiger charge is -2.08. The Kier molecular flexibility index (Phi) is 7.12. The summed E-state index contributed by atoms with van der Waals surface area (Å²) in [5, 5.41) is 13.7. The predicted molar refractivity (Wildman–Crippen MR) is 130 cm³/mol. The van der Waals surface area contributed by atoms with Crippen LogP contribution in [0.5, 0.6) is 0 Å². The van der Waals surface area contributed by atoms with Crippen molar-refractivity contribution in [2.75, 3.05) is 18.2 Å². The number of benzene rings is 2. The van der Waals surface area contributed by atoms with Gasteiger partial charge in [0.25, 0.3) is 5.22 Å². The zero-order valence-electron chi connectivity index (χ0n) is 17.6. The fraction of sp³-hybridized carbons (Fsp3) is 0.130. The number of halogens is 1. The highest BCUT2D eigenvalue weighted by atomic mass is 35.5. The van der Waals surface area contributed by atoms with Gasteiger partial charge in [-0.1, -0.05) is 59.3 Å². The van der Waals surface area contributed by atoms with Crippen molar-refractivity contribution in [1.29, 1.82) is 0 Å². The van der Waals surface area contributed by atoms with Crippen LogP contribution < -0.4 is 5.32 Å². The van der Waals surface area contributed by atoms with Crippen LogP contribution in [0.4, 0.5) is 5.00 Å². The predicted octanol–water partition coefficient (Wildman–Crippen LogP) is 5.94. The first-order valence-corrected chi connectivity index (χ1v) is 12.0. The van der Waals surface area contributed by atoms with Crippen LogP contribution in [-0.4, -0.2) is 34.9 Å². The third-order valence-corrected chi connectivity index (χ3v) is 6.64. The zero-order valence-corrected chi connectivity index (χ0v) is 20.0. The van der Waals surface area contributed by atoms with E-state index in [9.17, 15) is 9.59 Å². The molecule has 4 rings (SSSR count). The Balaban J connectivity index is 1.47. The van der Waals surface area contributed by atoms with Crippen LogP contribution in [0.2, 0.25) is 5.02 Å². The number of hydrogen-bond acceptors (Lipinski definition) is 8. The highest BCUT2D eigenvalue weighted by Crippen LogP contribution is 2.39. The zero-order chi connectivity index (χ0) is 23.4. The molecule has 4 aromatic rings. The van der Waals surface area contributed by atoms with E-state index >= 15 is 0 Å². The Morgan fingerprint density at radius 3 is 2.73 bits per heavy atom. The number of esters is 1. The number of ether oxygens (including phenoxy) is 1. The monoisotopic (exact) mass is 499 g/mol. The lowest BCUT2D eigenvalue weighted by molar-refractivity contribution is -0.113. The number of carbonyl (C=O) groups excluding carboxylic acids is 2. The summed E-state index contributed by atoms with van der Waals surface area (Å²) < 4.78 is 10.6. The first kappa shape index (κ1) is 23.0. The quantitative estimate of drug-likeness (QED) is 0.248. The summed E-state index contributed by atoms with van der Waals surface area (Å²) >= 11 is 8.64. The van der Waals surface area contributed by atoms with Crippen molar-refractivity contribution in [3.63, 3.8) is 0 Å². The van der Waals surface area contributed by atoms with E-state index in [1.165, 1.54) is 18.4 Å². The molecule has 10 heteroatoms. The number of aryl methyl sites for hydroxylation is 1. The fourth-order valence-electron chi connectivity index (χ4n) is 3.09. The van der Waals surface area contributed by atoms with Crippen LogP contribution in [0, 0.1) is 6.92 Å². The topological polar surface area (TPSA) is 94.3 Å². The van der Waals surface area contributed by atoms with Crippen molar-refractivity contribution in [3.8, 4) is 22.6 Å². The van der Waals surface area contributed by atoms with Gasteiger partial charge >= 0.3 is 5.97 Å². The highest BCUT2D eigenvalue weighted by molar-refractivity contribution is 7.99. The molecule has 0 unspecified atom stereocenters. The smallest absolute Gasteiger partial charge is 0.341 e. The molecule has 0 aliphatic carbocycles. The van der Waals surface area contributed by atoms with Gasteiger partial charge in [0.05, 0.1) is 12.9 Å². The number of hydrogen-bond donors (Lipinski definition) is 1. The fourth-order valence-corrected chi connectivity index (χ4v) is 4.85. The molecular formula is C23H18ClN3O4S2. The van der Waals surface area contributed by atoms with Gasteiger partial charge < -0.3 is 14.5 Å². The number of carbonyl (C=O) groups is 2. The molecule has 0 aliphatic rings. The highest BCUT2D eigenvalue weighted by Gasteiger charge is 2.23. The molecule has 168 valence electrons. The van der Waals surface area contributed by atoms with E-state index in [4.69, 9.17) is 20.8 Å². The van der Waals surface area contributed by atoms with Crippen LogP contribution >= 0.6 is 34.7 Å². The molecule has 2 aromatic carbocycles. The maximum Gasteiger partial charge on any atom is 0.341 e. The van der Waals surface area contributed by atoms with Crippen molar-refractivity contribution in [3.05, 3.63) is 70.1 Å². The second kappa shape index (κ2) is 10.2. The molecule has 0 spiro atoms. The minimum absolute atomic E-state index is 0.0232. The van der Waals surface area contributed by atoms with Crippen LogP contribution in [0.15, 0.2) is 63.6 Å². The van der Waals surface area contributed by atoms with E-state index in [0.29, 0.717) is 27.0 Å². The second-order valence-electron chi connectivity index (χ2n) is 6.90. The number of methoxy groups -OCH3 is 1. The Morgan fingerprint density at radius 2 is 1.97 bits per heavy atom. The first-order chi connectivity index (χ1) is 16.0. The van der Waals surface area contributed by atoms with E-state index in [0.717, 1.165) is 22.9 Å². The molecule has 0 bridgehead atoms. The minimum Gasteiger partial charge on any atom is -0.465 e. The van der Waals surface area contributed by atoms with E-state index in [1.807, 2.05) is 37.3 Å². The molecular weight excluding hydrogens is 482 g/mol. The average molecular weight is 500 g/mol. The number of thiophene rings is 1. The Morgan fingerprint density at radius 1 is 1.15 bits per heavy atom. The van der Waals surface area contributed by atoms with Crippen LogP contribution in [0.25, 0.3) is 22.6 Å². The Labute approximate surface area is 203 Å². The van der Waals surface area contributed by atoms with Crippen molar-refractivity contribution >= 4 is 51.6 Å². The average Bonchev–Trinajstić information content (AvgIpc) is 3.45. The van der Waals surface area contributed by atoms with E-state index in [1.54, 1.807) is 23.6 Å². The normalized spacial score (nSPS) is 10.8. The van der Waals surface area contributed by atoms with Gasteiger partial charge in [-0.05, 0) is 25.1 Å². The molecule has 0 atom stereocenters. The van der Waals surface area contributed by atoms with E-state index in [-0.39, 0.29) is 22.4 Å². The first-order valence-electron chi connectivity index (χ1n) is 9.74. The van der Waals surface area contributed by atoms with Gasteiger partial charge in [-0.25, -0.2) is 4.79 Å². The summed E-state index contributed by atoms with van der Waals surface area (Å²) in [7, 11) is 1.29. The molecule has 7 nitrogen and oxygen atoms in total. The summed E-state index contributed by atoms with van der Waals surface area (Å²) in [6.45, 7) is 1.98. The molecule has 0 saturated heterocycles. The molecule has 2 aromatic heterocycles. The van der Waals surface area contributed by atoms with Gasteiger partial charge in [0.2, 0.25) is 11.8 Å². The number of aromatic nitrogens is 2. The van der Waals surface area contributed by atoms with Crippen molar-refractivity contribution in [2.24, 2.45) is 0 Å².